The minimum Gasteiger partial charge on any atom is -0.399 e. The van der Waals surface area contributed by atoms with Crippen LogP contribution < -0.4 is 11.3 Å². The van der Waals surface area contributed by atoms with Gasteiger partial charge >= 0.3 is 0 Å². The fourth-order valence-corrected chi connectivity index (χ4v) is 1.98. The summed E-state index contributed by atoms with van der Waals surface area (Å²) in [6.07, 6.45) is 1.43. The molecule has 2 aromatic carbocycles. The lowest BCUT2D eigenvalue weighted by atomic mass is 10.2. The first-order valence-corrected chi connectivity index (χ1v) is 5.79. The molecule has 0 aliphatic heterocycles. The van der Waals surface area contributed by atoms with Crippen molar-refractivity contribution in [3.8, 4) is 5.69 Å². The predicted molar refractivity (Wildman–Crippen MR) is 71.7 cm³/mol. The molecular weight excluding hydrogens is 264 g/mol. The third kappa shape index (κ3) is 1.91. The Bertz CT molecular complexity index is 874. The summed E-state index contributed by atoms with van der Waals surface area (Å²) in [5, 5.41) is 4.82. The third-order valence-electron chi connectivity index (χ3n) is 2.95. The lowest BCUT2D eigenvalue weighted by Gasteiger charge is -2.07. The predicted octanol–water partition coefficient (Wildman–Crippen LogP) is 2.25. The molecule has 1 heterocycles. The number of aromatic nitrogens is 2. The number of halogens is 2. The smallest absolute Gasteiger partial charge is 0.279 e. The zero-order chi connectivity index (χ0) is 14.3. The number of hydrogen-bond acceptors (Lipinski definition) is 3. The Morgan fingerprint density at radius 2 is 1.90 bits per heavy atom. The largest absolute Gasteiger partial charge is 0.399 e. The average Bonchev–Trinajstić information content (AvgIpc) is 2.41. The van der Waals surface area contributed by atoms with Crippen LogP contribution in [0.15, 0.2) is 47.4 Å². The van der Waals surface area contributed by atoms with Gasteiger partial charge in [-0.2, -0.15) is 9.78 Å². The molecule has 0 saturated carbocycles. The zero-order valence-electron chi connectivity index (χ0n) is 10.2. The van der Waals surface area contributed by atoms with Crippen molar-refractivity contribution in [1.82, 2.24) is 9.78 Å². The van der Waals surface area contributed by atoms with Gasteiger partial charge in [-0.1, -0.05) is 6.07 Å². The number of nitrogen functional groups attached to an aromatic ring is 1. The summed E-state index contributed by atoms with van der Waals surface area (Å²) in [5.41, 5.74) is 5.44. The topological polar surface area (TPSA) is 60.9 Å². The Labute approximate surface area is 112 Å². The summed E-state index contributed by atoms with van der Waals surface area (Å²) in [5.74, 6) is -1.58. The molecule has 0 bridgehead atoms. The fraction of sp³-hybridized carbons (Fsp3) is 0. The van der Waals surface area contributed by atoms with Crippen LogP contribution in [-0.4, -0.2) is 9.78 Å². The molecule has 100 valence electrons. The summed E-state index contributed by atoms with van der Waals surface area (Å²) in [6.45, 7) is 0. The maximum Gasteiger partial charge on any atom is 0.279 e. The van der Waals surface area contributed by atoms with E-state index in [0.717, 1.165) is 16.8 Å². The summed E-state index contributed by atoms with van der Waals surface area (Å²) in [7, 11) is 0. The van der Waals surface area contributed by atoms with Gasteiger partial charge < -0.3 is 5.73 Å². The number of fused-ring (bicyclic) bond motifs is 1. The summed E-state index contributed by atoms with van der Waals surface area (Å²) < 4.78 is 27.5. The molecule has 1 aromatic heterocycles. The van der Waals surface area contributed by atoms with Gasteiger partial charge in [0.15, 0.2) is 5.82 Å². The summed E-state index contributed by atoms with van der Waals surface area (Å²) in [6, 6.07) is 7.73. The minimum atomic E-state index is -0.858. The van der Waals surface area contributed by atoms with Crippen LogP contribution in [0, 0.1) is 11.6 Å². The van der Waals surface area contributed by atoms with Crippen LogP contribution in [0.25, 0.3) is 16.5 Å². The van der Waals surface area contributed by atoms with E-state index in [0.29, 0.717) is 22.5 Å². The van der Waals surface area contributed by atoms with Gasteiger partial charge in [-0.05, 0) is 24.3 Å². The average molecular weight is 273 g/mol. The molecule has 20 heavy (non-hydrogen) atoms. The Kier molecular flexibility index (Phi) is 2.71. The van der Waals surface area contributed by atoms with Crippen LogP contribution in [0.2, 0.25) is 0 Å². The van der Waals surface area contributed by atoms with Crippen molar-refractivity contribution in [3.05, 3.63) is 64.6 Å². The van der Waals surface area contributed by atoms with Crippen LogP contribution in [0.1, 0.15) is 0 Å². The van der Waals surface area contributed by atoms with Crippen molar-refractivity contribution in [1.29, 1.82) is 0 Å². The third-order valence-corrected chi connectivity index (χ3v) is 2.95. The normalized spacial score (nSPS) is 10.9. The molecule has 0 aliphatic rings. The molecule has 0 saturated heterocycles. The van der Waals surface area contributed by atoms with Crippen molar-refractivity contribution in [2.24, 2.45) is 0 Å². The molecule has 4 nitrogen and oxygen atoms in total. The van der Waals surface area contributed by atoms with E-state index in [2.05, 4.69) is 5.10 Å². The van der Waals surface area contributed by atoms with Crippen molar-refractivity contribution in [2.45, 2.75) is 0 Å². The van der Waals surface area contributed by atoms with Crippen LogP contribution >= 0.6 is 0 Å². The van der Waals surface area contributed by atoms with Crippen LogP contribution in [0.5, 0.6) is 0 Å². The monoisotopic (exact) mass is 273 g/mol. The number of hydrogen-bond donors (Lipinski definition) is 1. The standard InChI is InChI=1S/C14H9F2N3O/c15-9-2-4-13(12(16)5-9)19-14(20)11-6-10(17)3-1-8(11)7-18-19/h1-7H,17H2. The van der Waals surface area contributed by atoms with E-state index >= 15 is 0 Å². The minimum absolute atomic E-state index is 0.110. The van der Waals surface area contributed by atoms with Crippen molar-refractivity contribution in [3.63, 3.8) is 0 Å². The molecule has 0 radical (unpaired) electrons. The maximum atomic E-state index is 13.7. The van der Waals surface area contributed by atoms with Gasteiger partial charge in [0, 0.05) is 17.1 Å². The molecular formula is C14H9F2N3O. The second-order valence-corrected chi connectivity index (χ2v) is 4.30. The zero-order valence-corrected chi connectivity index (χ0v) is 10.2. The number of rotatable bonds is 1. The number of nitrogens with two attached hydrogens (primary N) is 1. The highest BCUT2D eigenvalue weighted by atomic mass is 19.1. The van der Waals surface area contributed by atoms with E-state index in [1.54, 1.807) is 12.1 Å². The number of benzene rings is 2. The van der Waals surface area contributed by atoms with Gasteiger partial charge in [-0.15, -0.1) is 0 Å². The number of anilines is 1. The second kappa shape index (κ2) is 4.41. The molecule has 6 heteroatoms. The first kappa shape index (κ1) is 12.3. The van der Waals surface area contributed by atoms with E-state index in [-0.39, 0.29) is 5.69 Å². The highest BCUT2D eigenvalue weighted by Gasteiger charge is 2.11. The van der Waals surface area contributed by atoms with Gasteiger partial charge in [0.2, 0.25) is 0 Å². The quantitative estimate of drug-likeness (QED) is 0.692. The van der Waals surface area contributed by atoms with Gasteiger partial charge in [0.25, 0.3) is 5.56 Å². The van der Waals surface area contributed by atoms with Crippen LogP contribution in [0.4, 0.5) is 14.5 Å². The molecule has 2 N–H and O–H groups in total. The van der Waals surface area contributed by atoms with Crippen molar-refractivity contribution < 1.29 is 8.78 Å². The molecule has 3 rings (SSSR count). The molecule has 0 spiro atoms. The van der Waals surface area contributed by atoms with Gasteiger partial charge in [0.05, 0.1) is 11.6 Å². The highest BCUT2D eigenvalue weighted by Crippen LogP contribution is 2.16. The first-order chi connectivity index (χ1) is 9.56. The van der Waals surface area contributed by atoms with E-state index in [1.165, 1.54) is 12.3 Å². The molecule has 3 aromatic rings. The molecule has 0 fully saturated rings. The first-order valence-electron chi connectivity index (χ1n) is 5.79. The second-order valence-electron chi connectivity index (χ2n) is 4.30. The molecule has 0 aliphatic carbocycles. The molecule has 0 atom stereocenters. The van der Waals surface area contributed by atoms with Crippen molar-refractivity contribution >= 4 is 16.5 Å². The SMILES string of the molecule is Nc1ccc2cnn(-c3ccc(F)cc3F)c(=O)c2c1. The fourth-order valence-electron chi connectivity index (χ4n) is 1.98. The molecule has 0 amide bonds. The van der Waals surface area contributed by atoms with Crippen LogP contribution in [-0.2, 0) is 0 Å². The van der Waals surface area contributed by atoms with Crippen LogP contribution in [0.3, 0.4) is 0 Å². The number of nitrogens with zero attached hydrogens (tertiary/aromatic N) is 2. The van der Waals surface area contributed by atoms with E-state index < -0.39 is 17.2 Å². The Hall–Kier alpha value is -2.76. The maximum absolute atomic E-state index is 13.7. The lowest BCUT2D eigenvalue weighted by Crippen LogP contribution is -2.22. The van der Waals surface area contributed by atoms with Crippen molar-refractivity contribution in [2.75, 3.05) is 5.73 Å². The Balaban J connectivity index is 2.32. The van der Waals surface area contributed by atoms with Gasteiger partial charge in [-0.3, -0.25) is 4.79 Å². The van der Waals surface area contributed by atoms with E-state index in [1.807, 2.05) is 0 Å². The van der Waals surface area contributed by atoms with Gasteiger partial charge in [0.1, 0.15) is 11.5 Å². The highest BCUT2D eigenvalue weighted by molar-refractivity contribution is 5.83. The summed E-state index contributed by atoms with van der Waals surface area (Å²) >= 11 is 0. The van der Waals surface area contributed by atoms with E-state index in [4.69, 9.17) is 5.73 Å². The van der Waals surface area contributed by atoms with Gasteiger partial charge in [-0.25, -0.2) is 8.78 Å². The Morgan fingerprint density at radius 3 is 2.65 bits per heavy atom. The van der Waals surface area contributed by atoms with E-state index in [9.17, 15) is 13.6 Å². The lowest BCUT2D eigenvalue weighted by molar-refractivity contribution is 0.571. The Morgan fingerprint density at radius 1 is 1.10 bits per heavy atom. The molecule has 0 unspecified atom stereocenters. The summed E-state index contributed by atoms with van der Waals surface area (Å²) in [4.78, 5) is 12.3.